The zero-order valence-corrected chi connectivity index (χ0v) is 12.3. The van der Waals surface area contributed by atoms with E-state index in [0.717, 1.165) is 11.1 Å². The highest BCUT2D eigenvalue weighted by Gasteiger charge is 2.18. The lowest BCUT2D eigenvalue weighted by atomic mass is 10.1. The maximum Gasteiger partial charge on any atom is 0.277 e. The fourth-order valence-electron chi connectivity index (χ4n) is 2.09. The summed E-state index contributed by atoms with van der Waals surface area (Å²) in [5.41, 5.74) is 7.76. The molecule has 0 aliphatic rings. The lowest BCUT2D eigenvalue weighted by Crippen LogP contribution is -2.06. The van der Waals surface area contributed by atoms with E-state index in [2.05, 4.69) is 0 Å². The molecule has 0 aromatic heterocycles. The summed E-state index contributed by atoms with van der Waals surface area (Å²) in [4.78, 5) is 10.6. The number of hydrogen-bond donors (Lipinski definition) is 1. The zero-order chi connectivity index (χ0) is 15.4. The molecule has 21 heavy (non-hydrogen) atoms. The molecule has 0 aliphatic heterocycles. The van der Waals surface area contributed by atoms with Crippen molar-refractivity contribution < 1.29 is 9.66 Å². The molecule has 2 N–H and O–H groups in total. The highest BCUT2D eigenvalue weighted by atomic mass is 35.5. The van der Waals surface area contributed by atoms with Crippen LogP contribution in [0.4, 0.5) is 5.69 Å². The number of ether oxygens (including phenoxy) is 1. The van der Waals surface area contributed by atoms with Crippen LogP contribution >= 0.6 is 11.6 Å². The smallest absolute Gasteiger partial charge is 0.277 e. The molecule has 0 unspecified atom stereocenters. The van der Waals surface area contributed by atoms with E-state index < -0.39 is 4.92 Å². The molecule has 6 heteroatoms. The van der Waals surface area contributed by atoms with Crippen LogP contribution in [0.5, 0.6) is 5.75 Å². The van der Waals surface area contributed by atoms with Crippen LogP contribution in [0.25, 0.3) is 0 Å². The standard InChI is InChI=1S/C15H15ClN2O3/c1-10-4-2-5-11(8-17)15(10)21-9-12-13(16)6-3-7-14(12)18(19)20/h2-7H,8-9,17H2,1H3. The van der Waals surface area contributed by atoms with E-state index in [1.54, 1.807) is 12.1 Å². The number of nitro groups is 1. The third-order valence-corrected chi connectivity index (χ3v) is 3.52. The fraction of sp³-hybridized carbons (Fsp3) is 0.200. The molecule has 2 aromatic rings. The van der Waals surface area contributed by atoms with Crippen molar-refractivity contribution in [2.24, 2.45) is 5.73 Å². The summed E-state index contributed by atoms with van der Waals surface area (Å²) in [6.45, 7) is 2.25. The Balaban J connectivity index is 2.31. The quantitative estimate of drug-likeness (QED) is 0.676. The molecule has 5 nitrogen and oxygen atoms in total. The molecule has 0 spiro atoms. The second-order valence-electron chi connectivity index (χ2n) is 4.55. The first-order valence-corrected chi connectivity index (χ1v) is 6.75. The van der Waals surface area contributed by atoms with Crippen molar-refractivity contribution in [3.05, 3.63) is 68.2 Å². The normalized spacial score (nSPS) is 10.4. The third kappa shape index (κ3) is 3.32. The summed E-state index contributed by atoms with van der Waals surface area (Å²) in [5, 5.41) is 11.4. The molecule has 0 fully saturated rings. The summed E-state index contributed by atoms with van der Waals surface area (Å²) in [6.07, 6.45) is 0. The van der Waals surface area contributed by atoms with Crippen LogP contribution < -0.4 is 10.5 Å². The predicted molar refractivity (Wildman–Crippen MR) is 81.5 cm³/mol. The van der Waals surface area contributed by atoms with Gasteiger partial charge in [-0.15, -0.1) is 0 Å². The molecule has 0 amide bonds. The average molecular weight is 307 g/mol. The van der Waals surface area contributed by atoms with E-state index in [1.807, 2.05) is 25.1 Å². The maximum absolute atomic E-state index is 11.0. The van der Waals surface area contributed by atoms with E-state index in [-0.39, 0.29) is 12.3 Å². The second-order valence-corrected chi connectivity index (χ2v) is 4.96. The van der Waals surface area contributed by atoms with Gasteiger partial charge in [-0.3, -0.25) is 10.1 Å². The molecule has 0 saturated heterocycles. The zero-order valence-electron chi connectivity index (χ0n) is 11.5. The fourth-order valence-corrected chi connectivity index (χ4v) is 2.31. The number of rotatable bonds is 5. The number of aryl methyl sites for hydroxylation is 1. The van der Waals surface area contributed by atoms with Gasteiger partial charge >= 0.3 is 0 Å². The van der Waals surface area contributed by atoms with Gasteiger partial charge in [0.15, 0.2) is 0 Å². The van der Waals surface area contributed by atoms with E-state index in [0.29, 0.717) is 22.9 Å². The van der Waals surface area contributed by atoms with Crippen LogP contribution in [0.15, 0.2) is 36.4 Å². The van der Waals surface area contributed by atoms with E-state index in [9.17, 15) is 10.1 Å². The molecule has 110 valence electrons. The van der Waals surface area contributed by atoms with Crippen molar-refractivity contribution in [2.75, 3.05) is 0 Å². The number of benzene rings is 2. The minimum Gasteiger partial charge on any atom is -0.488 e. The van der Waals surface area contributed by atoms with Crippen LogP contribution in [-0.4, -0.2) is 4.92 Å². The first kappa shape index (κ1) is 15.3. The van der Waals surface area contributed by atoms with Gasteiger partial charge in [0.25, 0.3) is 5.69 Å². The largest absolute Gasteiger partial charge is 0.488 e. The highest BCUT2D eigenvalue weighted by molar-refractivity contribution is 6.31. The molecule has 2 aromatic carbocycles. The molecule has 2 rings (SSSR count). The average Bonchev–Trinajstić information content (AvgIpc) is 2.46. The van der Waals surface area contributed by atoms with Gasteiger partial charge < -0.3 is 10.5 Å². The topological polar surface area (TPSA) is 78.4 Å². The summed E-state index contributed by atoms with van der Waals surface area (Å²) < 4.78 is 5.75. The van der Waals surface area contributed by atoms with Gasteiger partial charge in [-0.25, -0.2) is 0 Å². The van der Waals surface area contributed by atoms with Crippen molar-refractivity contribution in [1.82, 2.24) is 0 Å². The van der Waals surface area contributed by atoms with Gasteiger partial charge in [-0.05, 0) is 18.6 Å². The SMILES string of the molecule is Cc1cccc(CN)c1OCc1c(Cl)cccc1[N+](=O)[O-]. The van der Waals surface area contributed by atoms with Crippen molar-refractivity contribution in [3.63, 3.8) is 0 Å². The minimum atomic E-state index is -0.466. The van der Waals surface area contributed by atoms with Gasteiger partial charge in [-0.1, -0.05) is 35.9 Å². The monoisotopic (exact) mass is 306 g/mol. The molecule has 0 aliphatic carbocycles. The number of hydrogen-bond acceptors (Lipinski definition) is 4. The molecule has 0 bridgehead atoms. The number of nitro benzene ring substituents is 1. The van der Waals surface area contributed by atoms with Crippen molar-refractivity contribution >= 4 is 17.3 Å². The number of nitrogens with two attached hydrogens (primary N) is 1. The van der Waals surface area contributed by atoms with Crippen LogP contribution in [-0.2, 0) is 13.2 Å². The van der Waals surface area contributed by atoms with Crippen LogP contribution in [0.1, 0.15) is 16.7 Å². The molecule has 0 heterocycles. The van der Waals surface area contributed by atoms with Crippen molar-refractivity contribution in [2.45, 2.75) is 20.1 Å². The van der Waals surface area contributed by atoms with Crippen molar-refractivity contribution in [1.29, 1.82) is 0 Å². The Hall–Kier alpha value is -2.11. The van der Waals surface area contributed by atoms with Crippen LogP contribution in [0.3, 0.4) is 0 Å². The molecule has 0 radical (unpaired) electrons. The molecular weight excluding hydrogens is 292 g/mol. The summed E-state index contributed by atoms with van der Waals surface area (Å²) in [6, 6.07) is 10.2. The van der Waals surface area contributed by atoms with Gasteiger partial charge in [0.2, 0.25) is 0 Å². The number of para-hydroxylation sites is 1. The Labute approximate surface area is 127 Å². The predicted octanol–water partition coefficient (Wildman–Crippen LogP) is 3.59. The highest BCUT2D eigenvalue weighted by Crippen LogP contribution is 2.29. The Morgan fingerprint density at radius 1 is 1.29 bits per heavy atom. The minimum absolute atomic E-state index is 0.0217. The summed E-state index contributed by atoms with van der Waals surface area (Å²) in [5.74, 6) is 0.647. The Morgan fingerprint density at radius 2 is 2.00 bits per heavy atom. The molecule has 0 saturated carbocycles. The second kappa shape index (κ2) is 6.56. The third-order valence-electron chi connectivity index (χ3n) is 3.17. The van der Waals surface area contributed by atoms with Crippen LogP contribution in [0.2, 0.25) is 5.02 Å². The summed E-state index contributed by atoms with van der Waals surface area (Å²) >= 11 is 6.04. The van der Waals surface area contributed by atoms with Gasteiger partial charge in [0, 0.05) is 18.2 Å². The van der Waals surface area contributed by atoms with Gasteiger partial charge in [-0.2, -0.15) is 0 Å². The van der Waals surface area contributed by atoms with E-state index in [1.165, 1.54) is 6.07 Å². The number of nitrogens with zero attached hydrogens (tertiary/aromatic N) is 1. The Kier molecular flexibility index (Phi) is 4.77. The van der Waals surface area contributed by atoms with Crippen molar-refractivity contribution in [3.8, 4) is 5.75 Å². The summed E-state index contributed by atoms with van der Waals surface area (Å²) in [7, 11) is 0. The molecular formula is C15H15ClN2O3. The van der Waals surface area contributed by atoms with E-state index in [4.69, 9.17) is 22.1 Å². The lowest BCUT2D eigenvalue weighted by Gasteiger charge is -2.14. The lowest BCUT2D eigenvalue weighted by molar-refractivity contribution is -0.385. The first-order chi connectivity index (χ1) is 10.0. The maximum atomic E-state index is 11.0. The number of halogens is 1. The Bertz CT molecular complexity index is 674. The van der Waals surface area contributed by atoms with E-state index >= 15 is 0 Å². The van der Waals surface area contributed by atoms with Gasteiger partial charge in [0.05, 0.1) is 15.5 Å². The van der Waals surface area contributed by atoms with Crippen LogP contribution in [0, 0.1) is 17.0 Å². The Morgan fingerprint density at radius 3 is 2.67 bits per heavy atom. The van der Waals surface area contributed by atoms with Gasteiger partial charge in [0.1, 0.15) is 12.4 Å². The molecule has 0 atom stereocenters. The first-order valence-electron chi connectivity index (χ1n) is 6.37.